The first-order valence-corrected chi connectivity index (χ1v) is 8.89. The number of aliphatic hydroxyl groups is 2. The van der Waals surface area contributed by atoms with Crippen LogP contribution in [0.3, 0.4) is 0 Å². The normalized spacial score (nSPS) is 55.5. The van der Waals surface area contributed by atoms with Crippen molar-refractivity contribution in [3.8, 4) is 0 Å². The number of aliphatic carboxylic acids is 1. The highest BCUT2D eigenvalue weighted by atomic mass is 16.6. The first kappa shape index (κ1) is 15.6. The Labute approximate surface area is 145 Å². The molecule has 0 amide bonds. The number of esters is 1. The Kier molecular flexibility index (Phi) is 2.60. The molecule has 3 N–H and O–H groups in total. The highest BCUT2D eigenvalue weighted by molar-refractivity contribution is 5.85. The molecule has 1 heterocycles. The average Bonchev–Trinajstić information content (AvgIpc) is 2.96. The number of carbonyl (C=O) groups excluding carboxylic acids is 1. The number of hydrogen-bond donors (Lipinski definition) is 3. The summed E-state index contributed by atoms with van der Waals surface area (Å²) in [6.45, 7) is 5.66. The number of aliphatic hydroxyl groups excluding tert-OH is 1. The van der Waals surface area contributed by atoms with Crippen LogP contribution in [0.2, 0.25) is 0 Å². The molecule has 5 aliphatic rings. The first-order chi connectivity index (χ1) is 11.6. The Morgan fingerprint density at radius 2 is 2.16 bits per heavy atom. The van der Waals surface area contributed by atoms with Crippen molar-refractivity contribution < 1.29 is 29.6 Å². The monoisotopic (exact) mass is 346 g/mol. The first-order valence-electron chi connectivity index (χ1n) is 8.89. The van der Waals surface area contributed by atoms with Gasteiger partial charge in [-0.1, -0.05) is 12.2 Å². The minimum absolute atomic E-state index is 0.0121. The lowest BCUT2D eigenvalue weighted by atomic mass is 9.61. The SMILES string of the molecule is C=C1C[C@]23C[C@@]1(O)CC[C@H]2C1=C[C@H]2OC(=O)[C@@](C)([C@H]1[C@@H]3C(=O)O)[C@H]2O. The standard InChI is InChI=1S/C19H22O6/c1-8-6-18-7-19(8,24)4-3-10(18)9-5-11-14(20)17(2,16(23)25-11)12(9)13(18)15(21)22/h5,10-14,20,24H,1,3-4,6-7H2,2H3,(H,21,22)/t10-,11+,12+,13+,14-,17-,18-,19-/m0/s1. The molecule has 4 bridgehead atoms. The van der Waals surface area contributed by atoms with E-state index < -0.39 is 52.4 Å². The third-order valence-electron chi connectivity index (χ3n) is 7.95. The summed E-state index contributed by atoms with van der Waals surface area (Å²) in [4.78, 5) is 24.9. The van der Waals surface area contributed by atoms with Crippen LogP contribution >= 0.6 is 0 Å². The molecule has 6 heteroatoms. The smallest absolute Gasteiger partial charge is 0.315 e. The van der Waals surface area contributed by atoms with Gasteiger partial charge in [-0.2, -0.15) is 0 Å². The number of hydrogen-bond acceptors (Lipinski definition) is 5. The van der Waals surface area contributed by atoms with Gasteiger partial charge in [-0.25, -0.2) is 0 Å². The van der Waals surface area contributed by atoms with E-state index >= 15 is 0 Å². The predicted molar refractivity (Wildman–Crippen MR) is 85.2 cm³/mol. The largest absolute Gasteiger partial charge is 0.481 e. The van der Waals surface area contributed by atoms with Crippen LogP contribution in [0.15, 0.2) is 23.8 Å². The van der Waals surface area contributed by atoms with Crippen molar-refractivity contribution in [2.45, 2.75) is 50.4 Å². The molecule has 1 saturated heterocycles. The van der Waals surface area contributed by atoms with Crippen LogP contribution in [0, 0.1) is 28.6 Å². The van der Waals surface area contributed by atoms with E-state index in [1.807, 2.05) is 0 Å². The van der Waals surface area contributed by atoms with Gasteiger partial charge in [0.2, 0.25) is 0 Å². The molecule has 25 heavy (non-hydrogen) atoms. The zero-order valence-electron chi connectivity index (χ0n) is 14.1. The summed E-state index contributed by atoms with van der Waals surface area (Å²) < 4.78 is 5.34. The molecule has 4 aliphatic carbocycles. The average molecular weight is 346 g/mol. The van der Waals surface area contributed by atoms with Gasteiger partial charge >= 0.3 is 11.9 Å². The maximum Gasteiger partial charge on any atom is 0.315 e. The quantitative estimate of drug-likeness (QED) is 0.484. The fourth-order valence-electron chi connectivity index (χ4n) is 6.86. The number of ether oxygens (including phenoxy) is 1. The molecule has 1 spiro atoms. The lowest BCUT2D eigenvalue weighted by Gasteiger charge is -2.41. The Bertz CT molecular complexity index is 770. The molecule has 3 saturated carbocycles. The van der Waals surface area contributed by atoms with Crippen molar-refractivity contribution >= 4 is 11.9 Å². The minimum Gasteiger partial charge on any atom is -0.481 e. The van der Waals surface area contributed by atoms with Gasteiger partial charge in [0.15, 0.2) is 0 Å². The molecule has 8 atom stereocenters. The Balaban J connectivity index is 1.75. The molecule has 134 valence electrons. The van der Waals surface area contributed by atoms with Crippen molar-refractivity contribution in [1.29, 1.82) is 0 Å². The van der Waals surface area contributed by atoms with Gasteiger partial charge in [-0.15, -0.1) is 0 Å². The molecule has 4 fully saturated rings. The summed E-state index contributed by atoms with van der Waals surface area (Å²) in [6, 6.07) is 0. The fourth-order valence-corrected chi connectivity index (χ4v) is 6.86. The number of allylic oxidation sites excluding steroid dienone is 1. The van der Waals surface area contributed by atoms with Gasteiger partial charge in [0.25, 0.3) is 0 Å². The highest BCUT2D eigenvalue weighted by Crippen LogP contribution is 2.74. The van der Waals surface area contributed by atoms with E-state index in [9.17, 15) is 24.9 Å². The molecule has 5 rings (SSSR count). The number of carboxylic acids is 1. The van der Waals surface area contributed by atoms with Gasteiger partial charge in [-0.3, -0.25) is 9.59 Å². The van der Waals surface area contributed by atoms with Crippen LogP contribution in [0.1, 0.15) is 32.6 Å². The second kappa shape index (κ2) is 4.18. The Morgan fingerprint density at radius 3 is 2.84 bits per heavy atom. The van der Waals surface area contributed by atoms with E-state index in [-0.39, 0.29) is 5.92 Å². The van der Waals surface area contributed by atoms with Crippen LogP contribution in [-0.2, 0) is 14.3 Å². The van der Waals surface area contributed by atoms with Crippen LogP contribution in [0.5, 0.6) is 0 Å². The van der Waals surface area contributed by atoms with Crippen LogP contribution in [-0.4, -0.2) is 45.1 Å². The zero-order valence-corrected chi connectivity index (χ0v) is 14.1. The maximum atomic E-state index is 12.6. The van der Waals surface area contributed by atoms with Crippen molar-refractivity contribution in [2.24, 2.45) is 28.6 Å². The molecule has 0 unspecified atom stereocenters. The molecular formula is C19H22O6. The van der Waals surface area contributed by atoms with E-state index in [4.69, 9.17) is 4.74 Å². The number of rotatable bonds is 1. The molecule has 6 nitrogen and oxygen atoms in total. The molecule has 0 aromatic heterocycles. The Morgan fingerprint density at radius 1 is 1.44 bits per heavy atom. The maximum absolute atomic E-state index is 12.6. The predicted octanol–water partition coefficient (Wildman–Crippen LogP) is 1.03. The Hall–Kier alpha value is -1.66. The second-order valence-corrected chi connectivity index (χ2v) is 8.87. The third kappa shape index (κ3) is 1.47. The van der Waals surface area contributed by atoms with Crippen LogP contribution < -0.4 is 0 Å². The topological polar surface area (TPSA) is 104 Å². The summed E-state index contributed by atoms with van der Waals surface area (Å²) in [5, 5.41) is 31.7. The van der Waals surface area contributed by atoms with Gasteiger partial charge in [-0.05, 0) is 55.6 Å². The summed E-state index contributed by atoms with van der Waals surface area (Å²) in [5.41, 5.74) is -1.23. The van der Waals surface area contributed by atoms with Crippen molar-refractivity contribution in [3.05, 3.63) is 23.8 Å². The van der Waals surface area contributed by atoms with E-state index in [1.165, 1.54) is 0 Å². The number of carboxylic acid groups (broad SMARTS) is 1. The van der Waals surface area contributed by atoms with Gasteiger partial charge in [0, 0.05) is 5.92 Å². The van der Waals surface area contributed by atoms with Gasteiger partial charge in [0.1, 0.15) is 17.6 Å². The van der Waals surface area contributed by atoms with Crippen molar-refractivity contribution in [1.82, 2.24) is 0 Å². The van der Waals surface area contributed by atoms with E-state index in [0.717, 1.165) is 5.57 Å². The van der Waals surface area contributed by atoms with Crippen molar-refractivity contribution in [2.75, 3.05) is 0 Å². The van der Waals surface area contributed by atoms with Gasteiger partial charge < -0.3 is 20.1 Å². The summed E-state index contributed by atoms with van der Waals surface area (Å²) >= 11 is 0. The van der Waals surface area contributed by atoms with Gasteiger partial charge in [0.05, 0.1) is 11.5 Å². The zero-order chi connectivity index (χ0) is 17.9. The molecule has 0 aromatic carbocycles. The van der Waals surface area contributed by atoms with Crippen LogP contribution in [0.25, 0.3) is 0 Å². The molecular weight excluding hydrogens is 324 g/mol. The molecule has 0 radical (unpaired) electrons. The second-order valence-electron chi connectivity index (χ2n) is 8.87. The molecule has 0 aromatic rings. The highest BCUT2D eigenvalue weighted by Gasteiger charge is 2.75. The lowest BCUT2D eigenvalue weighted by Crippen LogP contribution is -2.50. The fraction of sp³-hybridized carbons (Fsp3) is 0.684. The summed E-state index contributed by atoms with van der Waals surface area (Å²) in [7, 11) is 0. The lowest BCUT2D eigenvalue weighted by molar-refractivity contribution is -0.157. The number of fused-ring (bicyclic) bond motifs is 6. The number of carbonyl (C=O) groups is 2. The van der Waals surface area contributed by atoms with Crippen LogP contribution in [0.4, 0.5) is 0 Å². The molecule has 1 aliphatic heterocycles. The summed E-state index contributed by atoms with van der Waals surface area (Å²) in [6.07, 6.45) is 2.14. The van der Waals surface area contributed by atoms with Crippen molar-refractivity contribution in [3.63, 3.8) is 0 Å². The minimum atomic E-state index is -1.24. The summed E-state index contributed by atoms with van der Waals surface area (Å²) in [5.74, 6) is -2.92. The van der Waals surface area contributed by atoms with E-state index in [1.54, 1.807) is 13.0 Å². The van der Waals surface area contributed by atoms with E-state index in [2.05, 4.69) is 6.58 Å². The third-order valence-corrected chi connectivity index (χ3v) is 7.95. The van der Waals surface area contributed by atoms with E-state index in [0.29, 0.717) is 31.3 Å².